The van der Waals surface area contributed by atoms with Gasteiger partial charge in [0.15, 0.2) is 0 Å². The maximum atomic E-state index is 11.9. The molecule has 0 aliphatic rings. The Labute approximate surface area is 90.1 Å². The molecule has 0 fully saturated rings. The van der Waals surface area contributed by atoms with E-state index < -0.39 is 31.5 Å². The molecule has 100 valence electrons. The van der Waals surface area contributed by atoms with Gasteiger partial charge in [-0.15, -0.1) is 0 Å². The molecule has 0 radical (unpaired) electrons. The van der Waals surface area contributed by atoms with Crippen LogP contribution in [0.5, 0.6) is 0 Å². The Balaban J connectivity index is 0. The van der Waals surface area contributed by atoms with Crippen molar-refractivity contribution in [2.45, 2.75) is 19.1 Å². The van der Waals surface area contributed by atoms with E-state index in [4.69, 9.17) is 20.4 Å². The van der Waals surface area contributed by atoms with Crippen molar-refractivity contribution in [1.29, 1.82) is 0 Å². The topological polar surface area (TPSA) is 80.9 Å². The molecule has 0 saturated heterocycles. The number of hydrogen-bond donors (Lipinski definition) is 4. The van der Waals surface area contributed by atoms with Crippen LogP contribution in [-0.2, 0) is 0 Å². The van der Waals surface area contributed by atoms with Crippen molar-refractivity contribution < 1.29 is 38.0 Å². The highest BCUT2D eigenvalue weighted by Crippen LogP contribution is 2.30. The number of hydrogen-bond acceptors (Lipinski definition) is 4. The summed E-state index contributed by atoms with van der Waals surface area (Å²) in [5.41, 5.74) is -2.97. The van der Waals surface area contributed by atoms with Crippen LogP contribution in [0.25, 0.3) is 0 Å². The van der Waals surface area contributed by atoms with Gasteiger partial charge in [-0.1, -0.05) is 0 Å². The Hall–Kier alpha value is -0.440. The van der Waals surface area contributed by atoms with Gasteiger partial charge in [0.25, 0.3) is 0 Å². The molecule has 0 amide bonds. The Morgan fingerprint density at radius 3 is 1.19 bits per heavy atom. The summed E-state index contributed by atoms with van der Waals surface area (Å²) in [5, 5.41) is 32.0. The van der Waals surface area contributed by atoms with Crippen LogP contribution in [0.3, 0.4) is 0 Å². The van der Waals surface area contributed by atoms with E-state index in [0.717, 1.165) is 0 Å². The average Bonchev–Trinajstić information content (AvgIpc) is 2.21. The third-order valence-electron chi connectivity index (χ3n) is 1.76. The molecule has 16 heavy (non-hydrogen) atoms. The van der Waals surface area contributed by atoms with E-state index in [1.807, 2.05) is 0 Å². The number of aliphatic hydroxyl groups is 4. The number of aliphatic hydroxyl groups excluding tert-OH is 4. The molecule has 0 bridgehead atoms. The van der Waals surface area contributed by atoms with E-state index in [9.17, 15) is 17.6 Å². The zero-order chi connectivity index (χ0) is 13.2. The Morgan fingerprint density at radius 2 is 1.19 bits per heavy atom. The fourth-order valence-electron chi connectivity index (χ4n) is 0.475. The van der Waals surface area contributed by atoms with Crippen molar-refractivity contribution in [3.05, 3.63) is 0 Å². The molecule has 0 spiro atoms. The molecule has 4 N–H and O–H groups in total. The molecule has 0 rings (SSSR count). The van der Waals surface area contributed by atoms with E-state index in [1.54, 1.807) is 0 Å². The third kappa shape index (κ3) is 5.59. The fraction of sp³-hybridized carbons (Fsp3) is 1.00. The molecule has 8 heteroatoms. The van der Waals surface area contributed by atoms with Gasteiger partial charge in [0.05, 0.1) is 0 Å². The summed E-state index contributed by atoms with van der Waals surface area (Å²) in [6.45, 7) is -3.43. The molecular weight excluding hydrogens is 236 g/mol. The minimum Gasteiger partial charge on any atom is -0.396 e. The summed E-state index contributed by atoms with van der Waals surface area (Å²) >= 11 is 0. The predicted octanol–water partition coefficient (Wildman–Crippen LogP) is -0.151. The first-order valence-corrected chi connectivity index (χ1v) is 4.40. The lowest BCUT2D eigenvalue weighted by atomic mass is 9.91. The highest BCUT2D eigenvalue weighted by molar-refractivity contribution is 4.82. The summed E-state index contributed by atoms with van der Waals surface area (Å²) in [4.78, 5) is 0. The quantitative estimate of drug-likeness (QED) is 0.495. The van der Waals surface area contributed by atoms with Crippen LogP contribution in [0.2, 0.25) is 0 Å². The average molecular weight is 252 g/mol. The molecule has 2 unspecified atom stereocenters. The molecule has 0 aromatic carbocycles. The smallest absolute Gasteiger partial charge is 0.212 e. The van der Waals surface area contributed by atoms with Gasteiger partial charge in [0.1, 0.15) is 18.8 Å². The maximum Gasteiger partial charge on any atom is 0.212 e. The fourth-order valence-corrected chi connectivity index (χ4v) is 0.475. The minimum absolute atomic E-state index is 0.0938. The molecule has 0 saturated carbocycles. The van der Waals surface area contributed by atoms with E-state index in [-0.39, 0.29) is 13.2 Å². The summed E-state index contributed by atoms with van der Waals surface area (Å²) in [5.74, 6) is 0. The maximum absolute atomic E-state index is 11.9. The summed E-state index contributed by atoms with van der Waals surface area (Å²) in [6.07, 6.45) is -5.62. The normalized spacial score (nSPS) is 15.0. The highest BCUT2D eigenvalue weighted by Gasteiger charge is 2.47. The van der Waals surface area contributed by atoms with Gasteiger partial charge in [0.2, 0.25) is 12.7 Å². The third-order valence-corrected chi connectivity index (χ3v) is 1.76. The first-order valence-electron chi connectivity index (χ1n) is 4.40. The summed E-state index contributed by atoms with van der Waals surface area (Å²) in [7, 11) is 0. The largest absolute Gasteiger partial charge is 0.396 e. The minimum atomic E-state index is -3.06. The standard InChI is InChI=1S/C5H8F4O2.C3H8O2/c6-1-5(2-7,3(8)10)4(9)11;4-2-1-3-5/h3-4,10-11H,1-2H2;4-5H,1-3H2. The second-order valence-corrected chi connectivity index (χ2v) is 2.97. The molecule has 0 aromatic rings. The van der Waals surface area contributed by atoms with Crippen molar-refractivity contribution in [3.63, 3.8) is 0 Å². The van der Waals surface area contributed by atoms with Crippen molar-refractivity contribution in [2.24, 2.45) is 5.41 Å². The molecule has 0 aromatic heterocycles. The Morgan fingerprint density at radius 1 is 0.875 bits per heavy atom. The van der Waals surface area contributed by atoms with Gasteiger partial charge >= 0.3 is 0 Å². The predicted molar refractivity (Wildman–Crippen MR) is 47.4 cm³/mol. The van der Waals surface area contributed by atoms with E-state index in [0.29, 0.717) is 6.42 Å². The van der Waals surface area contributed by atoms with Crippen molar-refractivity contribution in [2.75, 3.05) is 26.6 Å². The van der Waals surface area contributed by atoms with Gasteiger partial charge in [-0.25, -0.2) is 17.6 Å². The first-order chi connectivity index (χ1) is 7.42. The molecule has 2 atom stereocenters. The second kappa shape index (κ2) is 9.76. The summed E-state index contributed by atoms with van der Waals surface area (Å²) in [6, 6.07) is 0. The number of halogens is 4. The lowest BCUT2D eigenvalue weighted by molar-refractivity contribution is -0.191. The van der Waals surface area contributed by atoms with Gasteiger partial charge < -0.3 is 20.4 Å². The van der Waals surface area contributed by atoms with Crippen LogP contribution >= 0.6 is 0 Å². The molecule has 4 nitrogen and oxygen atoms in total. The van der Waals surface area contributed by atoms with Gasteiger partial charge in [-0.2, -0.15) is 0 Å². The molecular formula is C8H16F4O4. The van der Waals surface area contributed by atoms with Crippen LogP contribution in [-0.4, -0.2) is 59.7 Å². The summed E-state index contributed by atoms with van der Waals surface area (Å²) < 4.78 is 47.4. The zero-order valence-electron chi connectivity index (χ0n) is 8.49. The van der Waals surface area contributed by atoms with E-state index >= 15 is 0 Å². The zero-order valence-corrected chi connectivity index (χ0v) is 8.49. The first kappa shape index (κ1) is 17.9. The number of alkyl halides is 4. The van der Waals surface area contributed by atoms with Crippen LogP contribution in [0.1, 0.15) is 6.42 Å². The van der Waals surface area contributed by atoms with Crippen molar-refractivity contribution >= 4 is 0 Å². The van der Waals surface area contributed by atoms with Crippen LogP contribution in [0.15, 0.2) is 0 Å². The SMILES string of the molecule is OC(F)C(CF)(CF)C(O)F.OCCCO. The molecule has 0 heterocycles. The molecule has 0 aliphatic carbocycles. The van der Waals surface area contributed by atoms with Crippen molar-refractivity contribution in [3.8, 4) is 0 Å². The lowest BCUT2D eigenvalue weighted by Crippen LogP contribution is -2.45. The van der Waals surface area contributed by atoms with Gasteiger partial charge in [-0.05, 0) is 6.42 Å². The highest BCUT2D eigenvalue weighted by atomic mass is 19.2. The van der Waals surface area contributed by atoms with E-state index in [1.165, 1.54) is 0 Å². The van der Waals surface area contributed by atoms with Gasteiger partial charge in [-0.3, -0.25) is 0 Å². The van der Waals surface area contributed by atoms with Crippen LogP contribution in [0.4, 0.5) is 17.6 Å². The van der Waals surface area contributed by atoms with E-state index in [2.05, 4.69) is 0 Å². The monoisotopic (exact) mass is 252 g/mol. The van der Waals surface area contributed by atoms with Gasteiger partial charge in [0, 0.05) is 13.2 Å². The Bertz CT molecular complexity index is 141. The lowest BCUT2D eigenvalue weighted by Gasteiger charge is -2.27. The second-order valence-electron chi connectivity index (χ2n) is 2.97. The van der Waals surface area contributed by atoms with Crippen molar-refractivity contribution in [1.82, 2.24) is 0 Å². The molecule has 0 aliphatic heterocycles. The Kier molecular flexibility index (Phi) is 10.9. The number of rotatable bonds is 6. The van der Waals surface area contributed by atoms with Crippen LogP contribution < -0.4 is 0 Å². The van der Waals surface area contributed by atoms with Crippen LogP contribution in [0, 0.1) is 5.41 Å².